The van der Waals surface area contributed by atoms with Crippen LogP contribution in [0.4, 0.5) is 0 Å². The Labute approximate surface area is 194 Å². The maximum atomic E-state index is 12.7. The van der Waals surface area contributed by atoms with Gasteiger partial charge in [-0.25, -0.2) is 0 Å². The molecule has 0 bridgehead atoms. The molecule has 1 heterocycles. The minimum Gasteiger partial charge on any atom is -0.504 e. The topological polar surface area (TPSA) is 175 Å². The van der Waals surface area contributed by atoms with Crippen LogP contribution in [-0.2, 0) is 4.74 Å². The Morgan fingerprint density at radius 1 is 1.00 bits per heavy atom. The zero-order valence-electron chi connectivity index (χ0n) is 18.4. The van der Waals surface area contributed by atoms with Gasteiger partial charge in [0.25, 0.3) is 0 Å². The van der Waals surface area contributed by atoms with Crippen molar-refractivity contribution in [2.24, 2.45) is 0 Å². The van der Waals surface area contributed by atoms with Crippen LogP contribution < -0.4 is 14.2 Å². The number of methoxy groups -OCH3 is 2. The summed E-state index contributed by atoms with van der Waals surface area (Å²) in [6.45, 7) is -0.639. The lowest BCUT2D eigenvalue weighted by Crippen LogP contribution is -2.60. The van der Waals surface area contributed by atoms with Gasteiger partial charge in [-0.1, -0.05) is 12.1 Å². The molecule has 2 aromatic carbocycles. The van der Waals surface area contributed by atoms with Gasteiger partial charge in [-0.15, -0.1) is 0 Å². The molecule has 11 heteroatoms. The number of aromatic hydroxyl groups is 2. The average molecular weight is 478 g/mol. The molecule has 1 aliphatic heterocycles. The molecule has 34 heavy (non-hydrogen) atoms. The number of phenols is 2. The molecule has 0 radical (unpaired) electrons. The molecular formula is C23H26O11. The van der Waals surface area contributed by atoms with Crippen molar-refractivity contribution in [3.05, 3.63) is 47.5 Å². The molecule has 0 saturated carbocycles. The third-order valence-corrected chi connectivity index (χ3v) is 5.29. The molecule has 3 rings (SSSR count). The third kappa shape index (κ3) is 5.08. The van der Waals surface area contributed by atoms with Crippen LogP contribution in [0.3, 0.4) is 0 Å². The van der Waals surface area contributed by atoms with Gasteiger partial charge in [-0.3, -0.25) is 4.79 Å². The zero-order valence-corrected chi connectivity index (χ0v) is 18.4. The number of rotatable bonds is 8. The van der Waals surface area contributed by atoms with Crippen molar-refractivity contribution in [2.75, 3.05) is 20.8 Å². The van der Waals surface area contributed by atoms with E-state index in [0.717, 1.165) is 0 Å². The minimum absolute atomic E-state index is 0.0525. The van der Waals surface area contributed by atoms with Crippen molar-refractivity contribution in [3.63, 3.8) is 0 Å². The van der Waals surface area contributed by atoms with Gasteiger partial charge in [0.15, 0.2) is 28.8 Å². The van der Waals surface area contributed by atoms with Gasteiger partial charge in [0, 0.05) is 0 Å². The van der Waals surface area contributed by atoms with E-state index in [4.69, 9.17) is 18.9 Å². The summed E-state index contributed by atoms with van der Waals surface area (Å²) in [4.78, 5) is 12.7. The zero-order chi connectivity index (χ0) is 25.0. The largest absolute Gasteiger partial charge is 0.504 e. The number of aliphatic hydroxyl groups is 4. The molecule has 6 N–H and O–H groups in total. The first-order chi connectivity index (χ1) is 16.2. The van der Waals surface area contributed by atoms with Crippen LogP contribution in [0, 0.1) is 0 Å². The van der Waals surface area contributed by atoms with Crippen LogP contribution in [0.15, 0.2) is 36.4 Å². The van der Waals surface area contributed by atoms with Gasteiger partial charge < -0.3 is 49.6 Å². The number of benzene rings is 2. The highest BCUT2D eigenvalue weighted by Gasteiger charge is 2.45. The van der Waals surface area contributed by atoms with E-state index in [-0.39, 0.29) is 28.6 Å². The molecule has 184 valence electrons. The second kappa shape index (κ2) is 10.7. The monoisotopic (exact) mass is 478 g/mol. The Balaban J connectivity index is 1.82. The quantitative estimate of drug-likeness (QED) is 0.226. The highest BCUT2D eigenvalue weighted by Crippen LogP contribution is 2.41. The Bertz CT molecular complexity index is 1050. The van der Waals surface area contributed by atoms with E-state index in [1.807, 2.05) is 0 Å². The fourth-order valence-electron chi connectivity index (χ4n) is 3.39. The lowest BCUT2D eigenvalue weighted by molar-refractivity contribution is -0.277. The second-order valence-corrected chi connectivity index (χ2v) is 7.44. The van der Waals surface area contributed by atoms with Crippen LogP contribution in [0.2, 0.25) is 0 Å². The molecule has 2 aromatic rings. The number of phenolic OH excluding ortho intramolecular Hbond substituents is 2. The molecule has 11 nitrogen and oxygen atoms in total. The first-order valence-electron chi connectivity index (χ1n) is 10.2. The van der Waals surface area contributed by atoms with E-state index in [2.05, 4.69) is 0 Å². The van der Waals surface area contributed by atoms with Crippen molar-refractivity contribution >= 4 is 11.9 Å². The van der Waals surface area contributed by atoms with Crippen molar-refractivity contribution in [3.8, 4) is 28.7 Å². The molecule has 1 aliphatic rings. The normalized spacial score (nSPS) is 24.7. The van der Waals surface area contributed by atoms with E-state index >= 15 is 0 Å². The van der Waals surface area contributed by atoms with Gasteiger partial charge in [0.05, 0.1) is 26.4 Å². The predicted octanol–water partition coefficient (Wildman–Crippen LogP) is 0.190. The summed E-state index contributed by atoms with van der Waals surface area (Å²) in [5.74, 6) is -1.28. The number of ether oxygens (including phenoxy) is 4. The standard InChI is InChI=1S/C23H26O11/c1-31-16-9-11(4-7-14(16)26)3-6-13(25)12-5-8-15(22(32-2)18(12)27)33-23-21(30)20(29)19(28)17(10-24)34-23/h3-9,17,19-21,23-24,26-30H,10H2,1-2H3. The molecule has 0 aromatic heterocycles. The second-order valence-electron chi connectivity index (χ2n) is 7.44. The first kappa shape index (κ1) is 25.3. The van der Waals surface area contributed by atoms with Crippen LogP contribution in [0.1, 0.15) is 15.9 Å². The van der Waals surface area contributed by atoms with Gasteiger partial charge >= 0.3 is 0 Å². The van der Waals surface area contributed by atoms with Crippen LogP contribution in [0.5, 0.6) is 28.7 Å². The summed E-state index contributed by atoms with van der Waals surface area (Å²) >= 11 is 0. The number of carbonyl (C=O) groups is 1. The summed E-state index contributed by atoms with van der Waals surface area (Å²) in [5, 5.41) is 59.5. The average Bonchev–Trinajstić information content (AvgIpc) is 2.83. The van der Waals surface area contributed by atoms with Crippen molar-refractivity contribution in [2.45, 2.75) is 30.7 Å². The predicted molar refractivity (Wildman–Crippen MR) is 117 cm³/mol. The molecule has 5 atom stereocenters. The van der Waals surface area contributed by atoms with Crippen molar-refractivity contribution in [1.29, 1.82) is 0 Å². The van der Waals surface area contributed by atoms with Crippen LogP contribution in [0.25, 0.3) is 6.08 Å². The Morgan fingerprint density at radius 3 is 2.38 bits per heavy atom. The summed E-state index contributed by atoms with van der Waals surface area (Å²) in [5.41, 5.74) is 0.456. The molecule has 1 fully saturated rings. The molecule has 0 spiro atoms. The summed E-state index contributed by atoms with van der Waals surface area (Å²) in [7, 11) is 2.62. The lowest BCUT2D eigenvalue weighted by Gasteiger charge is -2.39. The number of hydrogen-bond donors (Lipinski definition) is 6. The summed E-state index contributed by atoms with van der Waals surface area (Å²) < 4.78 is 21.0. The lowest BCUT2D eigenvalue weighted by atomic mass is 9.99. The Kier molecular flexibility index (Phi) is 7.97. The van der Waals surface area contributed by atoms with Gasteiger partial charge in [0.1, 0.15) is 24.4 Å². The first-order valence-corrected chi connectivity index (χ1v) is 10.2. The fraction of sp³-hybridized carbons (Fsp3) is 0.348. The summed E-state index contributed by atoms with van der Waals surface area (Å²) in [6.07, 6.45) is -4.90. The van der Waals surface area contributed by atoms with Crippen molar-refractivity contribution < 1.29 is 54.4 Å². The minimum atomic E-state index is -1.67. The molecule has 0 aliphatic carbocycles. The Hall–Kier alpha value is -3.35. The maximum absolute atomic E-state index is 12.7. The van der Waals surface area contributed by atoms with Crippen molar-refractivity contribution in [1.82, 2.24) is 0 Å². The number of ketones is 1. The number of aliphatic hydroxyl groups excluding tert-OH is 4. The summed E-state index contributed by atoms with van der Waals surface area (Å²) in [6, 6.07) is 7.07. The highest BCUT2D eigenvalue weighted by atomic mass is 16.7. The van der Waals surface area contributed by atoms with Crippen LogP contribution >= 0.6 is 0 Å². The smallest absolute Gasteiger partial charge is 0.229 e. The van der Waals surface area contributed by atoms with Gasteiger partial charge in [-0.05, 0) is 35.9 Å². The van der Waals surface area contributed by atoms with E-state index in [9.17, 15) is 35.4 Å². The molecular weight excluding hydrogens is 452 g/mol. The molecule has 1 saturated heterocycles. The third-order valence-electron chi connectivity index (χ3n) is 5.29. The van der Waals surface area contributed by atoms with Gasteiger partial charge in [-0.2, -0.15) is 0 Å². The fourth-order valence-corrected chi connectivity index (χ4v) is 3.39. The van der Waals surface area contributed by atoms with Crippen LogP contribution in [-0.4, -0.2) is 88.0 Å². The Morgan fingerprint density at radius 2 is 1.74 bits per heavy atom. The van der Waals surface area contributed by atoms with Gasteiger partial charge in [0.2, 0.25) is 12.0 Å². The maximum Gasteiger partial charge on any atom is 0.229 e. The van der Waals surface area contributed by atoms with E-state index in [1.54, 1.807) is 6.07 Å². The highest BCUT2D eigenvalue weighted by molar-refractivity contribution is 6.09. The number of hydrogen-bond acceptors (Lipinski definition) is 11. The van der Waals surface area contributed by atoms with E-state index in [0.29, 0.717) is 5.56 Å². The number of carbonyl (C=O) groups excluding carboxylic acids is 1. The molecule has 0 amide bonds. The SMILES string of the molecule is COc1cc(C=CC(=O)c2ccc(OC3OC(CO)C(O)C(O)C3O)c(OC)c2O)ccc1O. The van der Waals surface area contributed by atoms with E-state index < -0.39 is 48.8 Å². The number of allylic oxidation sites excluding steroid dienone is 1. The molecule has 5 unspecified atom stereocenters. The van der Waals surface area contributed by atoms with E-state index in [1.165, 1.54) is 50.6 Å².